The van der Waals surface area contributed by atoms with Crippen molar-refractivity contribution in [2.75, 3.05) is 13.1 Å². The molecule has 1 aromatic heterocycles. The van der Waals surface area contributed by atoms with E-state index in [1.54, 1.807) is 6.20 Å². The highest BCUT2D eigenvalue weighted by Crippen LogP contribution is 2.15. The molecule has 1 unspecified atom stereocenters. The molecule has 2 heterocycles. The fourth-order valence-corrected chi connectivity index (χ4v) is 4.09. The Kier molecular flexibility index (Phi) is 8.05. The molecule has 2 aromatic rings. The molecule has 1 aliphatic heterocycles. The summed E-state index contributed by atoms with van der Waals surface area (Å²) >= 11 is 0. The third-order valence-electron chi connectivity index (χ3n) is 5.81. The number of piperidine rings is 1. The number of nitrogens with one attached hydrogen (secondary N) is 1. The molecule has 1 saturated heterocycles. The molecule has 30 heavy (non-hydrogen) atoms. The molecular formula is C24H34N4O2. The van der Waals surface area contributed by atoms with Gasteiger partial charge in [0.15, 0.2) is 0 Å². The van der Waals surface area contributed by atoms with Crippen LogP contribution >= 0.6 is 0 Å². The van der Waals surface area contributed by atoms with Crippen molar-refractivity contribution in [3.05, 3.63) is 53.3 Å². The van der Waals surface area contributed by atoms with Crippen LogP contribution in [0, 0.1) is 0 Å². The van der Waals surface area contributed by atoms with Crippen molar-refractivity contribution in [1.82, 2.24) is 20.0 Å². The summed E-state index contributed by atoms with van der Waals surface area (Å²) < 4.78 is 1.93. The van der Waals surface area contributed by atoms with Crippen molar-refractivity contribution in [3.63, 3.8) is 0 Å². The average molecular weight is 411 g/mol. The third-order valence-corrected chi connectivity index (χ3v) is 5.81. The van der Waals surface area contributed by atoms with Crippen LogP contribution in [-0.2, 0) is 24.2 Å². The van der Waals surface area contributed by atoms with Crippen LogP contribution in [0.25, 0.3) is 0 Å². The summed E-state index contributed by atoms with van der Waals surface area (Å²) in [6.07, 6.45) is 8.20. The van der Waals surface area contributed by atoms with Crippen LogP contribution in [0.5, 0.6) is 0 Å². The number of aryl methyl sites for hydroxylation is 1. The zero-order valence-electron chi connectivity index (χ0n) is 18.3. The molecule has 6 heteroatoms. The molecule has 2 amide bonds. The van der Waals surface area contributed by atoms with Crippen LogP contribution in [-0.4, -0.2) is 45.6 Å². The fraction of sp³-hybridized carbons (Fsp3) is 0.542. The van der Waals surface area contributed by atoms with E-state index in [1.165, 1.54) is 0 Å². The minimum Gasteiger partial charge on any atom is -0.341 e. The van der Waals surface area contributed by atoms with Crippen molar-refractivity contribution in [2.24, 2.45) is 0 Å². The Bertz CT molecular complexity index is 825. The smallest absolute Gasteiger partial charge is 0.255 e. The van der Waals surface area contributed by atoms with Gasteiger partial charge in [-0.2, -0.15) is 5.10 Å². The van der Waals surface area contributed by atoms with Crippen LogP contribution in [0.4, 0.5) is 0 Å². The maximum absolute atomic E-state index is 13.3. The summed E-state index contributed by atoms with van der Waals surface area (Å²) in [5, 5.41) is 7.47. The van der Waals surface area contributed by atoms with Gasteiger partial charge in [0.25, 0.3) is 5.91 Å². The minimum atomic E-state index is -0.568. The first-order valence-electron chi connectivity index (χ1n) is 11.3. The lowest BCUT2D eigenvalue weighted by Gasteiger charge is -2.31. The van der Waals surface area contributed by atoms with Gasteiger partial charge in [-0.15, -0.1) is 0 Å². The van der Waals surface area contributed by atoms with E-state index >= 15 is 0 Å². The number of unbranched alkanes of at least 4 members (excludes halogenated alkanes) is 1. The summed E-state index contributed by atoms with van der Waals surface area (Å²) in [7, 11) is 0. The van der Waals surface area contributed by atoms with Crippen LogP contribution in [0.1, 0.15) is 67.6 Å². The van der Waals surface area contributed by atoms with E-state index in [-0.39, 0.29) is 11.8 Å². The van der Waals surface area contributed by atoms with Gasteiger partial charge in [0.1, 0.15) is 6.04 Å². The third kappa shape index (κ3) is 5.49. The zero-order chi connectivity index (χ0) is 21.3. The van der Waals surface area contributed by atoms with Crippen molar-refractivity contribution in [2.45, 2.75) is 71.4 Å². The molecule has 1 N–H and O–H groups in total. The van der Waals surface area contributed by atoms with Crippen LogP contribution in [0.2, 0.25) is 0 Å². The second kappa shape index (κ2) is 11.0. The standard InChI is InChI=1S/C24H34N4O2/c1-3-5-16-28-22(4-2)20(18-25-28)23(29)26-21(17-19-12-8-6-9-13-19)24(30)27-14-10-7-11-15-27/h6,8-9,12-13,18,21H,3-5,7,10-11,14-17H2,1-2H3,(H,26,29). The predicted molar refractivity (Wildman–Crippen MR) is 118 cm³/mol. The van der Waals surface area contributed by atoms with Gasteiger partial charge in [0.2, 0.25) is 5.91 Å². The van der Waals surface area contributed by atoms with Gasteiger partial charge in [0.05, 0.1) is 17.5 Å². The zero-order valence-corrected chi connectivity index (χ0v) is 18.3. The molecule has 0 saturated carbocycles. The topological polar surface area (TPSA) is 67.2 Å². The number of likely N-dealkylation sites (tertiary alicyclic amines) is 1. The van der Waals surface area contributed by atoms with Crippen molar-refractivity contribution >= 4 is 11.8 Å². The van der Waals surface area contributed by atoms with Gasteiger partial charge >= 0.3 is 0 Å². The number of hydrogen-bond acceptors (Lipinski definition) is 3. The van der Waals surface area contributed by atoms with Crippen LogP contribution < -0.4 is 5.32 Å². The number of aromatic nitrogens is 2. The monoisotopic (exact) mass is 410 g/mol. The summed E-state index contributed by atoms with van der Waals surface area (Å²) in [5.74, 6) is -0.191. The molecule has 162 valence electrons. The SMILES string of the molecule is CCCCn1ncc(C(=O)NC(Cc2ccccc2)C(=O)N2CCCCC2)c1CC. The number of benzene rings is 1. The Morgan fingerprint density at radius 1 is 1.10 bits per heavy atom. The number of amides is 2. The fourth-order valence-electron chi connectivity index (χ4n) is 4.09. The van der Waals surface area contributed by atoms with Crippen molar-refractivity contribution in [3.8, 4) is 0 Å². The highest BCUT2D eigenvalue weighted by Gasteiger charge is 2.28. The van der Waals surface area contributed by atoms with Gasteiger partial charge in [0, 0.05) is 26.1 Å². The van der Waals surface area contributed by atoms with Gasteiger partial charge in [-0.1, -0.05) is 50.6 Å². The van der Waals surface area contributed by atoms with E-state index < -0.39 is 6.04 Å². The summed E-state index contributed by atoms with van der Waals surface area (Å²) in [4.78, 5) is 28.3. The van der Waals surface area contributed by atoms with Gasteiger partial charge in [-0.25, -0.2) is 0 Å². The molecule has 1 atom stereocenters. The molecule has 1 aromatic carbocycles. The van der Waals surface area contributed by atoms with Gasteiger partial charge in [-0.05, 0) is 37.7 Å². The Labute approximate surface area is 179 Å². The summed E-state index contributed by atoms with van der Waals surface area (Å²) in [6, 6.07) is 9.33. The summed E-state index contributed by atoms with van der Waals surface area (Å²) in [5.41, 5.74) is 2.56. The quantitative estimate of drug-likeness (QED) is 0.687. The molecule has 0 spiro atoms. The molecule has 0 aliphatic carbocycles. The molecule has 6 nitrogen and oxygen atoms in total. The Balaban J connectivity index is 1.78. The second-order valence-corrected chi connectivity index (χ2v) is 8.04. The minimum absolute atomic E-state index is 0.0170. The first-order chi connectivity index (χ1) is 14.6. The van der Waals surface area contributed by atoms with E-state index in [4.69, 9.17) is 0 Å². The average Bonchev–Trinajstić information content (AvgIpc) is 3.21. The molecule has 3 rings (SSSR count). The number of carbonyl (C=O) groups excluding carboxylic acids is 2. The van der Waals surface area contributed by atoms with E-state index in [2.05, 4.69) is 17.3 Å². The first-order valence-corrected chi connectivity index (χ1v) is 11.3. The molecule has 0 bridgehead atoms. The van der Waals surface area contributed by atoms with Crippen molar-refractivity contribution < 1.29 is 9.59 Å². The number of rotatable bonds is 9. The number of carbonyl (C=O) groups is 2. The Hall–Kier alpha value is -2.63. The van der Waals surface area contributed by atoms with E-state index in [9.17, 15) is 9.59 Å². The van der Waals surface area contributed by atoms with Crippen LogP contribution in [0.15, 0.2) is 36.5 Å². The van der Waals surface area contributed by atoms with E-state index in [0.29, 0.717) is 12.0 Å². The maximum atomic E-state index is 13.3. The Morgan fingerprint density at radius 3 is 2.50 bits per heavy atom. The Morgan fingerprint density at radius 2 is 1.83 bits per heavy atom. The molecule has 1 fully saturated rings. The molecule has 0 radical (unpaired) electrons. The largest absolute Gasteiger partial charge is 0.341 e. The lowest BCUT2D eigenvalue weighted by Crippen LogP contribution is -2.51. The lowest BCUT2D eigenvalue weighted by molar-refractivity contribution is -0.134. The second-order valence-electron chi connectivity index (χ2n) is 8.04. The van der Waals surface area contributed by atoms with Crippen molar-refractivity contribution in [1.29, 1.82) is 0 Å². The lowest BCUT2D eigenvalue weighted by atomic mass is 10.0. The van der Waals surface area contributed by atoms with E-state index in [0.717, 1.165) is 69.4 Å². The first kappa shape index (κ1) is 22.1. The van der Waals surface area contributed by atoms with Gasteiger partial charge in [-0.3, -0.25) is 14.3 Å². The predicted octanol–water partition coefficient (Wildman–Crippen LogP) is 3.60. The number of hydrogen-bond donors (Lipinski definition) is 1. The highest BCUT2D eigenvalue weighted by atomic mass is 16.2. The van der Waals surface area contributed by atoms with E-state index in [1.807, 2.05) is 46.8 Å². The summed E-state index contributed by atoms with van der Waals surface area (Å²) in [6.45, 7) is 6.54. The van der Waals surface area contributed by atoms with Gasteiger partial charge < -0.3 is 10.2 Å². The molecule has 1 aliphatic rings. The highest BCUT2D eigenvalue weighted by molar-refractivity contribution is 5.98. The maximum Gasteiger partial charge on any atom is 0.255 e. The normalized spacial score (nSPS) is 15.1. The molecular weight excluding hydrogens is 376 g/mol. The number of nitrogens with zero attached hydrogens (tertiary/aromatic N) is 3. The van der Waals surface area contributed by atoms with Crippen LogP contribution in [0.3, 0.4) is 0 Å².